The second kappa shape index (κ2) is 3.18. The quantitative estimate of drug-likeness (QED) is 0.661. The van der Waals surface area contributed by atoms with Crippen molar-refractivity contribution in [1.29, 1.82) is 0 Å². The summed E-state index contributed by atoms with van der Waals surface area (Å²) in [7, 11) is 1.49. The van der Waals surface area contributed by atoms with Gasteiger partial charge < -0.3 is 9.72 Å². The molecule has 1 N–H and O–H groups in total. The van der Waals surface area contributed by atoms with E-state index in [0.29, 0.717) is 18.0 Å². The highest BCUT2D eigenvalue weighted by Crippen LogP contribution is 2.12. The molecule has 0 unspecified atom stereocenters. The summed E-state index contributed by atoms with van der Waals surface area (Å²) in [5, 5.41) is 0. The molecule has 0 saturated heterocycles. The van der Waals surface area contributed by atoms with Gasteiger partial charge in [0.2, 0.25) is 5.88 Å². The highest BCUT2D eigenvalue weighted by molar-refractivity contribution is 5.96. The van der Waals surface area contributed by atoms with E-state index in [0.717, 1.165) is 0 Å². The van der Waals surface area contributed by atoms with Gasteiger partial charge in [0, 0.05) is 6.42 Å². The Hall–Kier alpha value is -1.32. The molecule has 0 radical (unpaired) electrons. The molecule has 0 bridgehead atoms. The van der Waals surface area contributed by atoms with Gasteiger partial charge in [0.25, 0.3) is 0 Å². The third-order valence-corrected chi connectivity index (χ3v) is 1.40. The summed E-state index contributed by atoms with van der Waals surface area (Å²) in [6, 6.07) is 0. The molecule has 0 fully saturated rings. The summed E-state index contributed by atoms with van der Waals surface area (Å²) < 4.78 is 4.85. The topological polar surface area (TPSA) is 55.0 Å². The van der Waals surface area contributed by atoms with E-state index in [4.69, 9.17) is 4.74 Å². The van der Waals surface area contributed by atoms with Crippen LogP contribution in [0.5, 0.6) is 5.88 Å². The van der Waals surface area contributed by atoms with Crippen molar-refractivity contribution in [3.05, 3.63) is 12.0 Å². The third-order valence-electron chi connectivity index (χ3n) is 1.40. The van der Waals surface area contributed by atoms with E-state index in [2.05, 4.69) is 9.97 Å². The Morgan fingerprint density at radius 2 is 2.55 bits per heavy atom. The fourth-order valence-corrected chi connectivity index (χ4v) is 0.813. The summed E-state index contributed by atoms with van der Waals surface area (Å²) in [4.78, 5) is 17.6. The van der Waals surface area contributed by atoms with Gasteiger partial charge in [0.1, 0.15) is 5.69 Å². The highest BCUT2D eigenvalue weighted by Gasteiger charge is 2.11. The van der Waals surface area contributed by atoms with Gasteiger partial charge in [0.15, 0.2) is 5.78 Å². The van der Waals surface area contributed by atoms with Crippen LogP contribution in [-0.4, -0.2) is 22.9 Å². The van der Waals surface area contributed by atoms with E-state index in [1.165, 1.54) is 13.4 Å². The van der Waals surface area contributed by atoms with Crippen LogP contribution in [0.25, 0.3) is 0 Å². The van der Waals surface area contributed by atoms with Crippen molar-refractivity contribution in [2.24, 2.45) is 0 Å². The van der Waals surface area contributed by atoms with Gasteiger partial charge in [0.05, 0.1) is 13.4 Å². The number of rotatable bonds is 3. The molecule has 4 nitrogen and oxygen atoms in total. The van der Waals surface area contributed by atoms with Crippen molar-refractivity contribution in [3.8, 4) is 5.88 Å². The number of carbonyl (C=O) groups is 1. The Labute approximate surface area is 64.6 Å². The van der Waals surface area contributed by atoms with E-state index in [9.17, 15) is 4.79 Å². The fraction of sp³-hybridized carbons (Fsp3) is 0.429. The van der Waals surface area contributed by atoms with E-state index in [-0.39, 0.29) is 5.78 Å². The molecular weight excluding hydrogens is 144 g/mol. The summed E-state index contributed by atoms with van der Waals surface area (Å²) in [6.07, 6.45) is 1.90. The monoisotopic (exact) mass is 154 g/mol. The van der Waals surface area contributed by atoms with Gasteiger partial charge in [-0.05, 0) is 0 Å². The van der Waals surface area contributed by atoms with Crippen molar-refractivity contribution in [3.63, 3.8) is 0 Å². The third kappa shape index (κ3) is 1.39. The summed E-state index contributed by atoms with van der Waals surface area (Å²) in [5.74, 6) is 0.385. The number of aromatic amines is 1. The molecule has 0 saturated carbocycles. The molecule has 60 valence electrons. The zero-order valence-corrected chi connectivity index (χ0v) is 6.55. The van der Waals surface area contributed by atoms with Crippen molar-refractivity contribution < 1.29 is 9.53 Å². The predicted molar refractivity (Wildman–Crippen MR) is 39.8 cm³/mol. The molecule has 1 aromatic heterocycles. The number of Topliss-reactive ketones (excluding diaryl/α,β-unsaturated/α-hetero) is 1. The van der Waals surface area contributed by atoms with Crippen molar-refractivity contribution in [2.45, 2.75) is 13.3 Å². The maximum absolute atomic E-state index is 11.1. The molecular formula is C7H10N2O2. The molecule has 0 aromatic carbocycles. The minimum atomic E-state index is 0.0133. The Morgan fingerprint density at radius 3 is 3.09 bits per heavy atom. The minimum Gasteiger partial charge on any atom is -0.479 e. The standard InChI is InChI=1S/C7H10N2O2/c1-3-5(10)6-7(11-2)9-4-8-6/h4H,3H2,1-2H3,(H,8,9). The van der Waals surface area contributed by atoms with Crippen LogP contribution in [0.1, 0.15) is 23.8 Å². The first-order chi connectivity index (χ1) is 5.29. The van der Waals surface area contributed by atoms with Gasteiger partial charge in [-0.15, -0.1) is 0 Å². The normalized spacial score (nSPS) is 9.64. The maximum atomic E-state index is 11.1. The van der Waals surface area contributed by atoms with Crippen LogP contribution >= 0.6 is 0 Å². The van der Waals surface area contributed by atoms with E-state index in [1.807, 2.05) is 0 Å². The van der Waals surface area contributed by atoms with Crippen molar-refractivity contribution in [1.82, 2.24) is 9.97 Å². The van der Waals surface area contributed by atoms with Gasteiger partial charge >= 0.3 is 0 Å². The Bertz CT molecular complexity index is 255. The number of hydrogen-bond donors (Lipinski definition) is 1. The molecule has 0 amide bonds. The first-order valence-electron chi connectivity index (χ1n) is 3.40. The SMILES string of the molecule is CCC(=O)c1[nH]cnc1OC. The maximum Gasteiger partial charge on any atom is 0.242 e. The lowest BCUT2D eigenvalue weighted by atomic mass is 10.2. The van der Waals surface area contributed by atoms with Crippen LogP contribution in [0.2, 0.25) is 0 Å². The van der Waals surface area contributed by atoms with Crippen LogP contribution in [0, 0.1) is 0 Å². The number of hydrogen-bond acceptors (Lipinski definition) is 3. The average Bonchev–Trinajstić information content (AvgIpc) is 2.50. The summed E-state index contributed by atoms with van der Waals surface area (Å²) in [6.45, 7) is 1.79. The number of methoxy groups -OCH3 is 1. The summed E-state index contributed by atoms with van der Waals surface area (Å²) in [5.41, 5.74) is 0.454. The van der Waals surface area contributed by atoms with Gasteiger partial charge in [-0.1, -0.05) is 6.92 Å². The zero-order valence-electron chi connectivity index (χ0n) is 6.55. The zero-order chi connectivity index (χ0) is 8.27. The molecule has 1 aromatic rings. The van der Waals surface area contributed by atoms with E-state index < -0.39 is 0 Å². The van der Waals surface area contributed by atoms with Crippen LogP contribution in [0.15, 0.2) is 6.33 Å². The van der Waals surface area contributed by atoms with Crippen LogP contribution in [-0.2, 0) is 0 Å². The number of ether oxygens (including phenoxy) is 1. The molecule has 0 atom stereocenters. The van der Waals surface area contributed by atoms with E-state index in [1.54, 1.807) is 6.92 Å². The summed E-state index contributed by atoms with van der Waals surface area (Å²) >= 11 is 0. The Kier molecular flexibility index (Phi) is 2.25. The number of ketones is 1. The van der Waals surface area contributed by atoms with Gasteiger partial charge in [-0.3, -0.25) is 4.79 Å². The molecule has 1 rings (SSSR count). The van der Waals surface area contributed by atoms with Gasteiger partial charge in [-0.25, -0.2) is 4.98 Å². The highest BCUT2D eigenvalue weighted by atomic mass is 16.5. The lowest BCUT2D eigenvalue weighted by Gasteiger charge is -1.96. The van der Waals surface area contributed by atoms with Crippen LogP contribution in [0.3, 0.4) is 0 Å². The van der Waals surface area contributed by atoms with E-state index >= 15 is 0 Å². The molecule has 4 heteroatoms. The predicted octanol–water partition coefficient (Wildman–Crippen LogP) is 1.01. The number of imidazole rings is 1. The fourth-order valence-electron chi connectivity index (χ4n) is 0.813. The molecule has 11 heavy (non-hydrogen) atoms. The van der Waals surface area contributed by atoms with Crippen LogP contribution < -0.4 is 4.74 Å². The largest absolute Gasteiger partial charge is 0.479 e. The lowest BCUT2D eigenvalue weighted by molar-refractivity contribution is 0.0980. The molecule has 0 aliphatic carbocycles. The number of nitrogens with one attached hydrogen (secondary N) is 1. The first-order valence-corrected chi connectivity index (χ1v) is 3.40. The number of nitrogens with zero attached hydrogens (tertiary/aromatic N) is 1. The smallest absolute Gasteiger partial charge is 0.242 e. The second-order valence-electron chi connectivity index (χ2n) is 2.06. The molecule has 0 aliphatic heterocycles. The second-order valence-corrected chi connectivity index (χ2v) is 2.06. The van der Waals surface area contributed by atoms with Crippen molar-refractivity contribution >= 4 is 5.78 Å². The molecule has 0 spiro atoms. The Morgan fingerprint density at radius 1 is 1.82 bits per heavy atom. The number of aromatic nitrogens is 2. The average molecular weight is 154 g/mol. The van der Waals surface area contributed by atoms with Crippen LogP contribution in [0.4, 0.5) is 0 Å². The minimum absolute atomic E-state index is 0.0133. The first kappa shape index (κ1) is 7.78. The lowest BCUT2D eigenvalue weighted by Crippen LogP contribution is -1.99. The Balaban J connectivity index is 2.92. The van der Waals surface area contributed by atoms with Crippen molar-refractivity contribution in [2.75, 3.05) is 7.11 Å². The van der Waals surface area contributed by atoms with Gasteiger partial charge in [-0.2, -0.15) is 0 Å². The molecule has 1 heterocycles. The number of carbonyl (C=O) groups excluding carboxylic acids is 1. The number of H-pyrrole nitrogens is 1. The molecule has 0 aliphatic rings.